The fourth-order valence-electron chi connectivity index (χ4n) is 2.34. The van der Waals surface area contributed by atoms with E-state index < -0.39 is 17.6 Å². The number of benzene rings is 2. The Kier molecular flexibility index (Phi) is 5.36. The molecule has 3 N–H and O–H groups in total. The molecular weight excluding hydrogens is 393 g/mol. The molecule has 1 amide bonds. The standard InChI is InChI=1S/C19H13F3N2O3S/c20-19(21,22)11-3-1-5-13(9-11)27-14-6-2-4-12(10-14)23-18(26)17-15(25)7-8-16(28)24-17/h1-10,25H,(H,23,26)(H,24,28). The van der Waals surface area contributed by atoms with Crippen LogP contribution in [-0.2, 0) is 6.18 Å². The number of hydrogen-bond acceptors (Lipinski definition) is 4. The van der Waals surface area contributed by atoms with E-state index in [1.807, 2.05) is 0 Å². The molecule has 0 atom stereocenters. The molecule has 28 heavy (non-hydrogen) atoms. The number of pyridine rings is 1. The van der Waals surface area contributed by atoms with E-state index in [-0.39, 0.29) is 27.6 Å². The van der Waals surface area contributed by atoms with Crippen LogP contribution in [0.3, 0.4) is 0 Å². The van der Waals surface area contributed by atoms with Gasteiger partial charge in [-0.05, 0) is 42.5 Å². The van der Waals surface area contributed by atoms with Gasteiger partial charge in [0, 0.05) is 11.8 Å². The van der Waals surface area contributed by atoms with Crippen molar-refractivity contribution >= 4 is 23.8 Å². The topological polar surface area (TPSA) is 74.3 Å². The van der Waals surface area contributed by atoms with Gasteiger partial charge in [-0.2, -0.15) is 13.2 Å². The Balaban J connectivity index is 1.78. The molecule has 144 valence electrons. The molecule has 9 heteroatoms. The number of aromatic hydroxyl groups is 1. The molecule has 0 saturated carbocycles. The van der Waals surface area contributed by atoms with E-state index in [2.05, 4.69) is 10.3 Å². The Morgan fingerprint density at radius 2 is 1.71 bits per heavy atom. The molecule has 0 spiro atoms. The van der Waals surface area contributed by atoms with Gasteiger partial charge < -0.3 is 20.1 Å². The molecule has 0 aliphatic rings. The van der Waals surface area contributed by atoms with Gasteiger partial charge in [0.15, 0.2) is 0 Å². The molecule has 0 fully saturated rings. The molecule has 0 unspecified atom stereocenters. The molecule has 0 aliphatic heterocycles. The van der Waals surface area contributed by atoms with E-state index >= 15 is 0 Å². The number of carbonyl (C=O) groups excluding carboxylic acids is 1. The maximum absolute atomic E-state index is 12.8. The van der Waals surface area contributed by atoms with E-state index in [1.54, 1.807) is 12.1 Å². The first-order valence-electron chi connectivity index (χ1n) is 7.91. The first-order chi connectivity index (χ1) is 13.2. The molecule has 1 aromatic heterocycles. The number of anilines is 1. The van der Waals surface area contributed by atoms with E-state index in [1.165, 1.54) is 36.4 Å². The maximum Gasteiger partial charge on any atom is 0.416 e. The lowest BCUT2D eigenvalue weighted by molar-refractivity contribution is -0.137. The molecular formula is C19H13F3N2O3S. The quantitative estimate of drug-likeness (QED) is 0.499. The Morgan fingerprint density at radius 1 is 1.04 bits per heavy atom. The largest absolute Gasteiger partial charge is 0.506 e. The number of amides is 1. The number of halogens is 3. The average Bonchev–Trinajstić information content (AvgIpc) is 2.63. The van der Waals surface area contributed by atoms with Gasteiger partial charge in [-0.25, -0.2) is 0 Å². The van der Waals surface area contributed by atoms with Crippen LogP contribution in [0.1, 0.15) is 16.1 Å². The maximum atomic E-state index is 12.8. The molecule has 1 heterocycles. The highest BCUT2D eigenvalue weighted by molar-refractivity contribution is 7.71. The summed E-state index contributed by atoms with van der Waals surface area (Å²) < 4.78 is 44.1. The third-order valence-electron chi connectivity index (χ3n) is 3.61. The van der Waals surface area contributed by atoms with E-state index in [0.29, 0.717) is 5.69 Å². The predicted molar refractivity (Wildman–Crippen MR) is 99.2 cm³/mol. The third kappa shape index (κ3) is 4.68. The normalized spacial score (nSPS) is 11.1. The van der Waals surface area contributed by atoms with Gasteiger partial charge in [0.25, 0.3) is 5.91 Å². The lowest BCUT2D eigenvalue weighted by Gasteiger charge is -2.11. The molecule has 0 radical (unpaired) electrons. The van der Waals surface area contributed by atoms with Crippen LogP contribution in [0.5, 0.6) is 17.2 Å². The van der Waals surface area contributed by atoms with Crippen molar-refractivity contribution in [3.05, 3.63) is 76.6 Å². The summed E-state index contributed by atoms with van der Waals surface area (Å²) >= 11 is 4.93. The van der Waals surface area contributed by atoms with Crippen molar-refractivity contribution in [2.24, 2.45) is 0 Å². The Hall–Kier alpha value is -3.33. The number of hydrogen-bond donors (Lipinski definition) is 3. The second-order valence-electron chi connectivity index (χ2n) is 5.69. The van der Waals surface area contributed by atoms with Crippen LogP contribution in [0, 0.1) is 4.64 Å². The Labute approximate surface area is 162 Å². The molecule has 3 aromatic rings. The van der Waals surface area contributed by atoms with Crippen molar-refractivity contribution in [3.8, 4) is 17.2 Å². The summed E-state index contributed by atoms with van der Waals surface area (Å²) in [5, 5.41) is 12.3. The first-order valence-corrected chi connectivity index (χ1v) is 8.32. The highest BCUT2D eigenvalue weighted by Gasteiger charge is 2.30. The van der Waals surface area contributed by atoms with Gasteiger partial charge in [-0.15, -0.1) is 0 Å². The second kappa shape index (κ2) is 7.73. The van der Waals surface area contributed by atoms with E-state index in [4.69, 9.17) is 17.0 Å². The summed E-state index contributed by atoms with van der Waals surface area (Å²) in [6.45, 7) is 0. The number of nitrogens with one attached hydrogen (secondary N) is 2. The zero-order valence-electron chi connectivity index (χ0n) is 14.1. The summed E-state index contributed by atoms with van der Waals surface area (Å²) in [5.41, 5.74) is -0.627. The smallest absolute Gasteiger partial charge is 0.416 e. The van der Waals surface area contributed by atoms with Crippen LogP contribution in [-0.4, -0.2) is 16.0 Å². The van der Waals surface area contributed by atoms with Gasteiger partial charge >= 0.3 is 6.18 Å². The lowest BCUT2D eigenvalue weighted by Crippen LogP contribution is -2.14. The summed E-state index contributed by atoms with van der Waals surface area (Å²) in [4.78, 5) is 14.9. The third-order valence-corrected chi connectivity index (χ3v) is 3.85. The minimum atomic E-state index is -4.48. The van der Waals surface area contributed by atoms with Gasteiger partial charge in [0.05, 0.1) is 5.56 Å². The first kappa shape index (κ1) is 19.4. The highest BCUT2D eigenvalue weighted by Crippen LogP contribution is 2.33. The number of aromatic nitrogens is 1. The number of alkyl halides is 3. The van der Waals surface area contributed by atoms with E-state index in [9.17, 15) is 23.1 Å². The van der Waals surface area contributed by atoms with Crippen LogP contribution in [0.4, 0.5) is 18.9 Å². The molecule has 0 bridgehead atoms. The zero-order chi connectivity index (χ0) is 20.3. The lowest BCUT2D eigenvalue weighted by atomic mass is 10.2. The minimum Gasteiger partial charge on any atom is -0.506 e. The van der Waals surface area contributed by atoms with Crippen molar-refractivity contribution in [1.29, 1.82) is 0 Å². The highest BCUT2D eigenvalue weighted by atomic mass is 32.1. The number of carbonyl (C=O) groups is 1. The van der Waals surface area contributed by atoms with Crippen LogP contribution in [0.25, 0.3) is 0 Å². The fraction of sp³-hybridized carbons (Fsp3) is 0.0526. The minimum absolute atomic E-state index is 0.00286. The Morgan fingerprint density at radius 3 is 2.43 bits per heavy atom. The summed E-state index contributed by atoms with van der Waals surface area (Å²) in [6.07, 6.45) is -4.48. The van der Waals surface area contributed by atoms with Crippen molar-refractivity contribution < 1.29 is 27.8 Å². The van der Waals surface area contributed by atoms with Gasteiger partial charge in [0.2, 0.25) is 0 Å². The van der Waals surface area contributed by atoms with Crippen molar-refractivity contribution in [3.63, 3.8) is 0 Å². The number of ether oxygens (including phenoxy) is 1. The van der Waals surface area contributed by atoms with Crippen molar-refractivity contribution in [2.45, 2.75) is 6.18 Å². The SMILES string of the molecule is O=C(Nc1cccc(Oc2cccc(C(F)(F)F)c2)c1)c1[nH]c(=S)ccc1O. The monoisotopic (exact) mass is 406 g/mol. The average molecular weight is 406 g/mol. The molecule has 0 aliphatic carbocycles. The fourth-order valence-corrected chi connectivity index (χ4v) is 2.51. The molecule has 3 rings (SSSR count). The summed E-state index contributed by atoms with van der Waals surface area (Å²) in [5.74, 6) is -0.687. The second-order valence-corrected chi connectivity index (χ2v) is 6.13. The Bertz CT molecular complexity index is 1080. The molecule has 5 nitrogen and oxygen atoms in total. The number of H-pyrrole nitrogens is 1. The number of aromatic amines is 1. The summed E-state index contributed by atoms with van der Waals surface area (Å²) in [7, 11) is 0. The van der Waals surface area contributed by atoms with Crippen LogP contribution in [0.2, 0.25) is 0 Å². The van der Waals surface area contributed by atoms with E-state index in [0.717, 1.165) is 12.1 Å². The van der Waals surface area contributed by atoms with Crippen LogP contribution >= 0.6 is 12.2 Å². The number of rotatable bonds is 4. The molecule has 2 aromatic carbocycles. The zero-order valence-corrected chi connectivity index (χ0v) is 14.9. The van der Waals surface area contributed by atoms with Gasteiger partial charge in [-0.3, -0.25) is 4.79 Å². The predicted octanol–water partition coefficient (Wildman–Crippen LogP) is 5.51. The van der Waals surface area contributed by atoms with Crippen molar-refractivity contribution in [2.75, 3.05) is 5.32 Å². The summed E-state index contributed by atoms with van der Waals surface area (Å²) in [6, 6.07) is 13.3. The van der Waals surface area contributed by atoms with Crippen LogP contribution in [0.15, 0.2) is 60.7 Å². The van der Waals surface area contributed by atoms with Gasteiger partial charge in [0.1, 0.15) is 27.6 Å². The van der Waals surface area contributed by atoms with Gasteiger partial charge in [-0.1, -0.05) is 24.4 Å². The van der Waals surface area contributed by atoms with Crippen LogP contribution < -0.4 is 10.1 Å². The molecule has 0 saturated heterocycles. The van der Waals surface area contributed by atoms with Crippen molar-refractivity contribution in [1.82, 2.24) is 4.98 Å².